The maximum atomic E-state index is 13.1. The van der Waals surface area contributed by atoms with Gasteiger partial charge in [0, 0.05) is 12.6 Å². The second-order valence-corrected chi connectivity index (χ2v) is 6.22. The largest absolute Gasteiger partial charge is 0.306 e. The Morgan fingerprint density at radius 1 is 1.42 bits per heavy atom. The number of nitrogens with one attached hydrogen (secondary N) is 1. The van der Waals surface area contributed by atoms with Crippen LogP contribution in [0, 0.1) is 21.8 Å². The van der Waals surface area contributed by atoms with Crippen molar-refractivity contribution in [1.82, 2.24) is 4.72 Å². The van der Waals surface area contributed by atoms with Crippen molar-refractivity contribution in [2.75, 3.05) is 6.54 Å². The predicted octanol–water partition coefficient (Wildman–Crippen LogP) is 2.06. The summed E-state index contributed by atoms with van der Waals surface area (Å²) in [4.78, 5) is 9.28. The number of sulfonamides is 1. The van der Waals surface area contributed by atoms with Crippen LogP contribution < -0.4 is 4.72 Å². The summed E-state index contributed by atoms with van der Waals surface area (Å²) in [5.74, 6) is -0.739. The standard InChI is InChI=1S/C11H15FN2O4S/c1-8(2)5-6-13-19(17,18)9-3-4-10(12)11(7-9)14(15)16/h3-4,7-8,13H,5-6H2,1-2H3. The Balaban J connectivity index is 2.96. The van der Waals surface area contributed by atoms with Gasteiger partial charge in [-0.15, -0.1) is 0 Å². The molecule has 0 atom stereocenters. The minimum atomic E-state index is -3.85. The van der Waals surface area contributed by atoms with Crippen molar-refractivity contribution < 1.29 is 17.7 Å². The second kappa shape index (κ2) is 6.07. The van der Waals surface area contributed by atoms with Crippen LogP contribution in [0.2, 0.25) is 0 Å². The third-order valence-electron chi connectivity index (χ3n) is 2.44. The Morgan fingerprint density at radius 2 is 2.05 bits per heavy atom. The van der Waals surface area contributed by atoms with Gasteiger partial charge in [0.05, 0.1) is 9.82 Å². The molecule has 1 N–H and O–H groups in total. The number of benzene rings is 1. The first-order valence-electron chi connectivity index (χ1n) is 5.67. The first-order valence-corrected chi connectivity index (χ1v) is 7.16. The van der Waals surface area contributed by atoms with E-state index in [1.165, 1.54) is 0 Å². The molecule has 0 fully saturated rings. The van der Waals surface area contributed by atoms with Crippen LogP contribution in [0.3, 0.4) is 0 Å². The van der Waals surface area contributed by atoms with Gasteiger partial charge < -0.3 is 0 Å². The number of nitro groups is 1. The van der Waals surface area contributed by atoms with E-state index in [0.717, 1.165) is 12.1 Å². The third-order valence-corrected chi connectivity index (χ3v) is 3.90. The summed E-state index contributed by atoms with van der Waals surface area (Å²) in [7, 11) is -3.85. The molecular formula is C11H15FN2O4S. The van der Waals surface area contributed by atoms with Crippen molar-refractivity contribution >= 4 is 15.7 Å². The molecule has 6 nitrogen and oxygen atoms in total. The van der Waals surface area contributed by atoms with Gasteiger partial charge in [-0.2, -0.15) is 4.39 Å². The van der Waals surface area contributed by atoms with Gasteiger partial charge in [0.2, 0.25) is 15.8 Å². The molecule has 8 heteroatoms. The zero-order valence-electron chi connectivity index (χ0n) is 10.6. The molecule has 0 bridgehead atoms. The minimum Gasteiger partial charge on any atom is -0.258 e. The minimum absolute atomic E-state index is 0.227. The summed E-state index contributed by atoms with van der Waals surface area (Å²) < 4.78 is 39.1. The number of halogens is 1. The first kappa shape index (κ1) is 15.5. The molecule has 0 radical (unpaired) electrons. The molecule has 0 saturated carbocycles. The van der Waals surface area contributed by atoms with Gasteiger partial charge in [-0.3, -0.25) is 10.1 Å². The Bertz CT molecular complexity index is 572. The molecule has 19 heavy (non-hydrogen) atoms. The molecular weight excluding hydrogens is 275 g/mol. The van der Waals surface area contributed by atoms with Gasteiger partial charge in [-0.05, 0) is 24.5 Å². The molecule has 0 aliphatic rings. The Hall–Kier alpha value is -1.54. The van der Waals surface area contributed by atoms with Crippen LogP contribution >= 0.6 is 0 Å². The average molecular weight is 290 g/mol. The molecule has 0 unspecified atom stereocenters. The highest BCUT2D eigenvalue weighted by Gasteiger charge is 2.21. The lowest BCUT2D eigenvalue weighted by molar-refractivity contribution is -0.387. The van der Waals surface area contributed by atoms with Gasteiger partial charge in [0.15, 0.2) is 0 Å². The van der Waals surface area contributed by atoms with E-state index in [4.69, 9.17) is 0 Å². The van der Waals surface area contributed by atoms with Gasteiger partial charge in [-0.1, -0.05) is 13.8 Å². The topological polar surface area (TPSA) is 89.3 Å². The molecule has 0 amide bonds. The Labute approximate surface area is 110 Å². The fourth-order valence-electron chi connectivity index (χ4n) is 1.36. The lowest BCUT2D eigenvalue weighted by Crippen LogP contribution is -2.25. The van der Waals surface area contributed by atoms with Crippen molar-refractivity contribution in [2.45, 2.75) is 25.2 Å². The Kier molecular flexibility index (Phi) is 4.96. The molecule has 1 aromatic rings. The Morgan fingerprint density at radius 3 is 2.58 bits per heavy atom. The molecule has 0 saturated heterocycles. The molecule has 0 aromatic heterocycles. The SMILES string of the molecule is CC(C)CCNS(=O)(=O)c1ccc(F)c([N+](=O)[O-])c1. The smallest absolute Gasteiger partial charge is 0.258 e. The zero-order valence-corrected chi connectivity index (χ0v) is 11.4. The van der Waals surface area contributed by atoms with E-state index in [1.54, 1.807) is 0 Å². The molecule has 0 spiro atoms. The molecule has 0 aliphatic heterocycles. The van der Waals surface area contributed by atoms with Crippen molar-refractivity contribution in [3.63, 3.8) is 0 Å². The van der Waals surface area contributed by atoms with Crippen LogP contribution in [0.25, 0.3) is 0 Å². The van der Waals surface area contributed by atoms with E-state index in [-0.39, 0.29) is 11.4 Å². The van der Waals surface area contributed by atoms with Gasteiger partial charge in [-0.25, -0.2) is 13.1 Å². The molecule has 1 aromatic carbocycles. The van der Waals surface area contributed by atoms with Crippen molar-refractivity contribution in [3.8, 4) is 0 Å². The summed E-state index contributed by atoms with van der Waals surface area (Å²) in [6.07, 6.45) is 0.641. The highest BCUT2D eigenvalue weighted by Crippen LogP contribution is 2.21. The monoisotopic (exact) mass is 290 g/mol. The van der Waals surface area contributed by atoms with Crippen molar-refractivity contribution in [1.29, 1.82) is 0 Å². The summed E-state index contributed by atoms with van der Waals surface area (Å²) in [5, 5.41) is 10.6. The van der Waals surface area contributed by atoms with E-state index in [2.05, 4.69) is 4.72 Å². The van der Waals surface area contributed by atoms with E-state index < -0.39 is 26.5 Å². The average Bonchev–Trinajstić information content (AvgIpc) is 2.27. The van der Waals surface area contributed by atoms with Gasteiger partial charge >= 0.3 is 5.69 Å². The first-order chi connectivity index (χ1) is 8.74. The van der Waals surface area contributed by atoms with Crippen LogP contribution in [-0.4, -0.2) is 19.9 Å². The number of rotatable bonds is 6. The van der Waals surface area contributed by atoms with Gasteiger partial charge in [0.1, 0.15) is 0 Å². The summed E-state index contributed by atoms with van der Waals surface area (Å²) in [5.41, 5.74) is -0.855. The molecule has 1 rings (SSSR count). The maximum Gasteiger partial charge on any atom is 0.306 e. The summed E-state index contributed by atoms with van der Waals surface area (Å²) in [6.45, 7) is 4.11. The van der Waals surface area contributed by atoms with E-state index >= 15 is 0 Å². The fourth-order valence-corrected chi connectivity index (χ4v) is 2.43. The van der Waals surface area contributed by atoms with Crippen LogP contribution in [0.5, 0.6) is 0 Å². The number of hydrogen-bond acceptors (Lipinski definition) is 4. The van der Waals surface area contributed by atoms with E-state index in [9.17, 15) is 22.9 Å². The highest BCUT2D eigenvalue weighted by atomic mass is 32.2. The van der Waals surface area contributed by atoms with Crippen LogP contribution in [0.1, 0.15) is 20.3 Å². The van der Waals surface area contributed by atoms with Crippen LogP contribution in [0.15, 0.2) is 23.1 Å². The van der Waals surface area contributed by atoms with Crippen LogP contribution in [-0.2, 0) is 10.0 Å². The summed E-state index contributed by atoms with van der Waals surface area (Å²) in [6, 6.07) is 2.49. The second-order valence-electron chi connectivity index (χ2n) is 4.45. The maximum absolute atomic E-state index is 13.1. The van der Waals surface area contributed by atoms with Crippen LogP contribution in [0.4, 0.5) is 10.1 Å². The van der Waals surface area contributed by atoms with E-state index in [1.807, 2.05) is 13.8 Å². The predicted molar refractivity (Wildman–Crippen MR) is 67.7 cm³/mol. The van der Waals surface area contributed by atoms with Crippen molar-refractivity contribution in [3.05, 3.63) is 34.1 Å². The summed E-state index contributed by atoms with van der Waals surface area (Å²) >= 11 is 0. The quantitative estimate of drug-likeness (QED) is 0.641. The molecule has 0 heterocycles. The normalized spacial score (nSPS) is 11.8. The van der Waals surface area contributed by atoms with Crippen molar-refractivity contribution in [2.24, 2.45) is 5.92 Å². The van der Waals surface area contributed by atoms with Gasteiger partial charge in [0.25, 0.3) is 0 Å². The highest BCUT2D eigenvalue weighted by molar-refractivity contribution is 7.89. The lowest BCUT2D eigenvalue weighted by atomic mass is 10.1. The number of nitro benzene ring substituents is 1. The zero-order chi connectivity index (χ0) is 14.6. The molecule has 106 valence electrons. The lowest BCUT2D eigenvalue weighted by Gasteiger charge is -2.08. The van der Waals surface area contributed by atoms with E-state index in [0.29, 0.717) is 18.4 Å². The number of nitrogens with zero attached hydrogens (tertiary/aromatic N) is 1. The third kappa shape index (κ3) is 4.25. The fraction of sp³-hybridized carbons (Fsp3) is 0.455. The number of hydrogen-bond donors (Lipinski definition) is 1. The molecule has 0 aliphatic carbocycles.